The first kappa shape index (κ1) is 10.5. The van der Waals surface area contributed by atoms with Crippen molar-refractivity contribution in [2.45, 2.75) is 19.4 Å². The van der Waals surface area contributed by atoms with Gasteiger partial charge in [0, 0.05) is 26.2 Å². The number of aliphatic carboxylic acids is 1. The fourth-order valence-corrected chi connectivity index (χ4v) is 1.72. The van der Waals surface area contributed by atoms with Gasteiger partial charge in [-0.2, -0.15) is 0 Å². The van der Waals surface area contributed by atoms with Gasteiger partial charge >= 0.3 is 5.97 Å². The second kappa shape index (κ2) is 4.58. The number of nitrogens with zero attached hydrogens (tertiary/aromatic N) is 2. The third kappa shape index (κ3) is 2.67. The lowest BCUT2D eigenvalue weighted by Crippen LogP contribution is -2.51. The molecule has 0 aromatic heterocycles. The zero-order valence-electron chi connectivity index (χ0n) is 8.36. The normalized spacial score (nSPS) is 22.9. The summed E-state index contributed by atoms with van der Waals surface area (Å²) in [6.45, 7) is 5.63. The molecule has 0 amide bonds. The van der Waals surface area contributed by atoms with Crippen LogP contribution in [0.5, 0.6) is 0 Å². The van der Waals surface area contributed by atoms with Crippen LogP contribution in [0.3, 0.4) is 0 Å². The van der Waals surface area contributed by atoms with E-state index in [2.05, 4.69) is 16.8 Å². The lowest BCUT2D eigenvalue weighted by molar-refractivity contribution is -0.144. The molecular formula is C9H18N2O2. The van der Waals surface area contributed by atoms with Gasteiger partial charge in [0.15, 0.2) is 0 Å². The van der Waals surface area contributed by atoms with Crippen molar-refractivity contribution in [1.82, 2.24) is 9.80 Å². The largest absolute Gasteiger partial charge is 0.480 e. The summed E-state index contributed by atoms with van der Waals surface area (Å²) in [6.07, 6.45) is 0.693. The number of carbonyl (C=O) groups is 1. The van der Waals surface area contributed by atoms with Gasteiger partial charge < -0.3 is 10.0 Å². The van der Waals surface area contributed by atoms with Crippen molar-refractivity contribution < 1.29 is 9.90 Å². The van der Waals surface area contributed by atoms with Gasteiger partial charge in [0.25, 0.3) is 0 Å². The first-order valence-electron chi connectivity index (χ1n) is 4.80. The number of carboxylic acids is 1. The fourth-order valence-electron chi connectivity index (χ4n) is 1.72. The molecule has 1 fully saturated rings. The predicted molar refractivity (Wildman–Crippen MR) is 50.8 cm³/mol. The molecule has 76 valence electrons. The molecule has 4 nitrogen and oxygen atoms in total. The van der Waals surface area contributed by atoms with Gasteiger partial charge in [0.2, 0.25) is 0 Å². The minimum absolute atomic E-state index is 0.284. The molecule has 1 heterocycles. The molecule has 0 radical (unpaired) electrons. The lowest BCUT2D eigenvalue weighted by atomic mass is 10.1. The SMILES string of the molecule is CC[C@H](C(=O)O)N1CCN(C)CC1. The van der Waals surface area contributed by atoms with Crippen molar-refractivity contribution in [3.05, 3.63) is 0 Å². The van der Waals surface area contributed by atoms with Gasteiger partial charge in [-0.25, -0.2) is 0 Å². The quantitative estimate of drug-likeness (QED) is 0.679. The Morgan fingerprint density at radius 3 is 2.31 bits per heavy atom. The van der Waals surface area contributed by atoms with Crippen LogP contribution in [0.1, 0.15) is 13.3 Å². The Bertz CT molecular complexity index is 176. The van der Waals surface area contributed by atoms with Crippen molar-refractivity contribution in [3.63, 3.8) is 0 Å². The average Bonchev–Trinajstić information content (AvgIpc) is 2.09. The molecule has 0 aromatic rings. The van der Waals surface area contributed by atoms with E-state index in [1.807, 2.05) is 6.92 Å². The van der Waals surface area contributed by atoms with E-state index in [1.165, 1.54) is 0 Å². The smallest absolute Gasteiger partial charge is 0.320 e. The Morgan fingerprint density at radius 1 is 1.38 bits per heavy atom. The number of piperazine rings is 1. The monoisotopic (exact) mass is 186 g/mol. The maximum atomic E-state index is 10.9. The topological polar surface area (TPSA) is 43.8 Å². The molecule has 1 aliphatic rings. The average molecular weight is 186 g/mol. The van der Waals surface area contributed by atoms with E-state index in [-0.39, 0.29) is 6.04 Å². The summed E-state index contributed by atoms with van der Waals surface area (Å²) in [4.78, 5) is 15.1. The lowest BCUT2D eigenvalue weighted by Gasteiger charge is -2.35. The third-order valence-corrected chi connectivity index (χ3v) is 2.65. The van der Waals surface area contributed by atoms with Crippen molar-refractivity contribution in [3.8, 4) is 0 Å². The van der Waals surface area contributed by atoms with Crippen LogP contribution in [-0.2, 0) is 4.79 Å². The molecule has 1 saturated heterocycles. The van der Waals surface area contributed by atoms with Crippen molar-refractivity contribution in [1.29, 1.82) is 0 Å². The first-order chi connectivity index (χ1) is 6.15. The maximum absolute atomic E-state index is 10.9. The second-order valence-electron chi connectivity index (χ2n) is 3.60. The van der Waals surface area contributed by atoms with Crippen LogP contribution in [0.15, 0.2) is 0 Å². The van der Waals surface area contributed by atoms with Gasteiger partial charge in [-0.05, 0) is 13.5 Å². The molecule has 0 spiro atoms. The van der Waals surface area contributed by atoms with E-state index in [4.69, 9.17) is 5.11 Å². The molecule has 0 bridgehead atoms. The third-order valence-electron chi connectivity index (χ3n) is 2.65. The zero-order chi connectivity index (χ0) is 9.84. The van der Waals surface area contributed by atoms with Crippen molar-refractivity contribution in [2.75, 3.05) is 33.2 Å². The van der Waals surface area contributed by atoms with Crippen LogP contribution < -0.4 is 0 Å². The van der Waals surface area contributed by atoms with Gasteiger partial charge in [-0.15, -0.1) is 0 Å². The molecule has 13 heavy (non-hydrogen) atoms. The maximum Gasteiger partial charge on any atom is 0.320 e. The van der Waals surface area contributed by atoms with Crippen LogP contribution in [0.25, 0.3) is 0 Å². The Kier molecular flexibility index (Phi) is 3.69. The van der Waals surface area contributed by atoms with E-state index in [0.717, 1.165) is 26.2 Å². The molecule has 4 heteroatoms. The molecule has 1 atom stereocenters. The molecule has 0 aliphatic carbocycles. The van der Waals surface area contributed by atoms with E-state index >= 15 is 0 Å². The van der Waals surface area contributed by atoms with Crippen molar-refractivity contribution in [2.24, 2.45) is 0 Å². The molecular weight excluding hydrogens is 168 g/mol. The highest BCUT2D eigenvalue weighted by Crippen LogP contribution is 2.08. The highest BCUT2D eigenvalue weighted by Gasteiger charge is 2.25. The molecule has 1 aliphatic heterocycles. The number of carboxylic acid groups (broad SMARTS) is 1. The standard InChI is InChI=1S/C9H18N2O2/c1-3-8(9(12)13)11-6-4-10(2)5-7-11/h8H,3-7H2,1-2H3,(H,12,13)/t8-/m1/s1. The summed E-state index contributed by atoms with van der Waals surface area (Å²) in [6, 6.07) is -0.284. The van der Waals surface area contributed by atoms with Gasteiger partial charge in [-0.1, -0.05) is 6.92 Å². The zero-order valence-corrected chi connectivity index (χ0v) is 8.36. The number of hydrogen-bond donors (Lipinski definition) is 1. The molecule has 0 saturated carbocycles. The van der Waals surface area contributed by atoms with Crippen LogP contribution in [-0.4, -0.2) is 60.1 Å². The van der Waals surface area contributed by atoms with Crippen LogP contribution >= 0.6 is 0 Å². The molecule has 0 unspecified atom stereocenters. The second-order valence-corrected chi connectivity index (χ2v) is 3.60. The minimum atomic E-state index is -0.688. The Balaban J connectivity index is 2.46. The Morgan fingerprint density at radius 2 is 1.92 bits per heavy atom. The summed E-state index contributed by atoms with van der Waals surface area (Å²) >= 11 is 0. The minimum Gasteiger partial charge on any atom is -0.480 e. The molecule has 1 rings (SSSR count). The summed E-state index contributed by atoms with van der Waals surface area (Å²) in [7, 11) is 2.07. The van der Waals surface area contributed by atoms with E-state index < -0.39 is 5.97 Å². The van der Waals surface area contributed by atoms with Gasteiger partial charge in [0.1, 0.15) is 6.04 Å². The number of likely N-dealkylation sites (N-methyl/N-ethyl adjacent to an activating group) is 1. The van der Waals surface area contributed by atoms with Gasteiger partial charge in [0.05, 0.1) is 0 Å². The van der Waals surface area contributed by atoms with Crippen LogP contribution in [0, 0.1) is 0 Å². The highest BCUT2D eigenvalue weighted by atomic mass is 16.4. The van der Waals surface area contributed by atoms with Crippen LogP contribution in [0.2, 0.25) is 0 Å². The van der Waals surface area contributed by atoms with Crippen LogP contribution in [0.4, 0.5) is 0 Å². The predicted octanol–water partition coefficient (Wildman–Crippen LogP) is 0.0970. The fraction of sp³-hybridized carbons (Fsp3) is 0.889. The van der Waals surface area contributed by atoms with Gasteiger partial charge in [-0.3, -0.25) is 9.69 Å². The Labute approximate surface area is 79.1 Å². The number of hydrogen-bond acceptors (Lipinski definition) is 3. The summed E-state index contributed by atoms with van der Waals surface area (Å²) < 4.78 is 0. The Hall–Kier alpha value is -0.610. The number of rotatable bonds is 3. The summed E-state index contributed by atoms with van der Waals surface area (Å²) in [5.74, 6) is -0.688. The molecule has 1 N–H and O–H groups in total. The van der Waals surface area contributed by atoms with Crippen molar-refractivity contribution >= 4 is 5.97 Å². The highest BCUT2D eigenvalue weighted by molar-refractivity contribution is 5.73. The first-order valence-corrected chi connectivity index (χ1v) is 4.80. The van der Waals surface area contributed by atoms with E-state index in [0.29, 0.717) is 6.42 Å². The summed E-state index contributed by atoms with van der Waals surface area (Å²) in [5.41, 5.74) is 0. The summed E-state index contributed by atoms with van der Waals surface area (Å²) in [5, 5.41) is 8.94. The van der Waals surface area contributed by atoms with E-state index in [1.54, 1.807) is 0 Å². The van der Waals surface area contributed by atoms with E-state index in [9.17, 15) is 4.79 Å². The molecule has 0 aromatic carbocycles.